The zero-order valence-corrected chi connectivity index (χ0v) is 7.32. The van der Waals surface area contributed by atoms with Gasteiger partial charge in [-0.25, -0.2) is 9.59 Å². The molecule has 0 N–H and O–H groups in total. The van der Waals surface area contributed by atoms with E-state index in [2.05, 4.69) is 7.80 Å². The van der Waals surface area contributed by atoms with E-state index in [0.29, 0.717) is 0 Å². The Balaban J connectivity index is 3.75. The van der Waals surface area contributed by atoms with E-state index in [-0.39, 0.29) is 0 Å². The Kier molecular flexibility index (Phi) is 4.91. The molecule has 0 radical (unpaired) electrons. The van der Waals surface area contributed by atoms with Crippen LogP contribution in [0.3, 0.4) is 0 Å². The van der Waals surface area contributed by atoms with Crippen LogP contribution in [0, 0.1) is 0 Å². The van der Waals surface area contributed by atoms with Gasteiger partial charge in [-0.3, -0.25) is 0 Å². The SMILES string of the molecule is COC(=O)/C=C/C(=O)OI. The van der Waals surface area contributed by atoms with Crippen molar-refractivity contribution in [2.75, 3.05) is 7.11 Å². The van der Waals surface area contributed by atoms with Crippen molar-refractivity contribution in [2.45, 2.75) is 0 Å². The first-order valence-electron chi connectivity index (χ1n) is 2.29. The number of esters is 1. The average Bonchev–Trinajstić information content (AvgIpc) is 1.99. The van der Waals surface area contributed by atoms with Crippen LogP contribution >= 0.6 is 23.0 Å². The van der Waals surface area contributed by atoms with Crippen molar-refractivity contribution in [3.63, 3.8) is 0 Å². The van der Waals surface area contributed by atoms with Crippen LogP contribution in [0.25, 0.3) is 0 Å². The Bertz CT molecular complexity index is 145. The van der Waals surface area contributed by atoms with Crippen LogP contribution in [0.2, 0.25) is 0 Å². The van der Waals surface area contributed by atoms with Gasteiger partial charge >= 0.3 is 11.9 Å². The largest absolute Gasteiger partial charge is 0.466 e. The minimum atomic E-state index is -0.592. The molecule has 10 heavy (non-hydrogen) atoms. The van der Waals surface area contributed by atoms with Crippen molar-refractivity contribution in [3.8, 4) is 0 Å². The molecule has 0 heterocycles. The van der Waals surface area contributed by atoms with Gasteiger partial charge in [0, 0.05) is 12.2 Å². The van der Waals surface area contributed by atoms with Gasteiger partial charge < -0.3 is 7.80 Å². The average molecular weight is 256 g/mol. The summed E-state index contributed by atoms with van der Waals surface area (Å²) >= 11 is 1.42. The molecule has 0 aliphatic heterocycles. The molecule has 4 nitrogen and oxygen atoms in total. The highest BCUT2D eigenvalue weighted by molar-refractivity contribution is 14.1. The lowest BCUT2D eigenvalue weighted by atomic mass is 10.5. The van der Waals surface area contributed by atoms with Crippen molar-refractivity contribution in [2.24, 2.45) is 0 Å². The summed E-state index contributed by atoms with van der Waals surface area (Å²) in [6.07, 6.45) is 1.97. The molecule has 0 saturated carbocycles. The summed E-state index contributed by atoms with van der Waals surface area (Å²) in [5, 5.41) is 0. The lowest BCUT2D eigenvalue weighted by Crippen LogP contribution is -1.97. The van der Waals surface area contributed by atoms with Crippen LogP contribution in [0.5, 0.6) is 0 Å². The predicted molar refractivity (Wildman–Crippen MR) is 41.3 cm³/mol. The van der Waals surface area contributed by atoms with E-state index in [1.165, 1.54) is 30.1 Å². The Labute approximate surface area is 71.9 Å². The van der Waals surface area contributed by atoms with E-state index in [4.69, 9.17) is 0 Å². The van der Waals surface area contributed by atoms with Crippen LogP contribution in [0.1, 0.15) is 0 Å². The molecule has 0 fully saturated rings. The smallest absolute Gasteiger partial charge is 0.340 e. The van der Waals surface area contributed by atoms with Crippen LogP contribution < -0.4 is 0 Å². The molecule has 56 valence electrons. The molecule has 5 heteroatoms. The molecular formula is C5H5IO4. The van der Waals surface area contributed by atoms with E-state index >= 15 is 0 Å². The van der Waals surface area contributed by atoms with Crippen LogP contribution in [-0.2, 0) is 17.4 Å². The van der Waals surface area contributed by atoms with Crippen molar-refractivity contribution < 1.29 is 17.4 Å². The zero-order valence-electron chi connectivity index (χ0n) is 5.17. The Morgan fingerprint density at radius 1 is 1.30 bits per heavy atom. The fourth-order valence-corrected chi connectivity index (χ4v) is 0.377. The Hall–Kier alpha value is -0.590. The van der Waals surface area contributed by atoms with Gasteiger partial charge in [-0.2, -0.15) is 0 Å². The van der Waals surface area contributed by atoms with Crippen LogP contribution in [0.15, 0.2) is 12.2 Å². The summed E-state index contributed by atoms with van der Waals surface area (Å²) in [6.45, 7) is 0. The number of hydrogen-bond donors (Lipinski definition) is 0. The maximum absolute atomic E-state index is 10.3. The normalized spacial score (nSPS) is 9.40. The molecule has 0 saturated heterocycles. The van der Waals surface area contributed by atoms with Gasteiger partial charge in [0.15, 0.2) is 23.0 Å². The first-order valence-corrected chi connectivity index (χ1v) is 3.17. The number of methoxy groups -OCH3 is 1. The summed E-state index contributed by atoms with van der Waals surface area (Å²) in [5.41, 5.74) is 0. The number of rotatable bonds is 2. The third-order valence-electron chi connectivity index (χ3n) is 0.633. The van der Waals surface area contributed by atoms with E-state index < -0.39 is 11.9 Å². The fourth-order valence-electron chi connectivity index (χ4n) is 0.230. The molecule has 0 bridgehead atoms. The first-order chi connectivity index (χ1) is 4.70. The fraction of sp³-hybridized carbons (Fsp3) is 0.200. The highest BCUT2D eigenvalue weighted by Gasteiger charge is 1.95. The van der Waals surface area contributed by atoms with Crippen molar-refractivity contribution in [3.05, 3.63) is 12.2 Å². The highest BCUT2D eigenvalue weighted by Crippen LogP contribution is 1.88. The van der Waals surface area contributed by atoms with Gasteiger partial charge in [0.05, 0.1) is 7.11 Å². The van der Waals surface area contributed by atoms with E-state index in [9.17, 15) is 9.59 Å². The monoisotopic (exact) mass is 256 g/mol. The summed E-state index contributed by atoms with van der Waals surface area (Å²) in [7, 11) is 1.22. The zero-order chi connectivity index (χ0) is 7.98. The number of carbonyl (C=O) groups excluding carboxylic acids is 2. The topological polar surface area (TPSA) is 52.6 Å². The highest BCUT2D eigenvalue weighted by atomic mass is 127. The summed E-state index contributed by atoms with van der Waals surface area (Å²) in [6, 6.07) is 0. The number of halogens is 1. The summed E-state index contributed by atoms with van der Waals surface area (Å²) < 4.78 is 8.39. The summed E-state index contributed by atoms with van der Waals surface area (Å²) in [4.78, 5) is 20.6. The van der Waals surface area contributed by atoms with Crippen molar-refractivity contribution in [1.29, 1.82) is 0 Å². The van der Waals surface area contributed by atoms with Gasteiger partial charge in [-0.15, -0.1) is 0 Å². The van der Waals surface area contributed by atoms with Gasteiger partial charge in [0.1, 0.15) is 0 Å². The predicted octanol–water partition coefficient (Wildman–Crippen LogP) is 0.609. The minimum Gasteiger partial charge on any atom is -0.466 e. The van der Waals surface area contributed by atoms with Crippen LogP contribution in [0.4, 0.5) is 0 Å². The second-order valence-corrected chi connectivity index (χ2v) is 1.69. The van der Waals surface area contributed by atoms with Crippen molar-refractivity contribution in [1.82, 2.24) is 0 Å². The molecule has 0 amide bonds. The maximum Gasteiger partial charge on any atom is 0.340 e. The third kappa shape index (κ3) is 4.30. The lowest BCUT2D eigenvalue weighted by molar-refractivity contribution is -0.135. The van der Waals surface area contributed by atoms with Gasteiger partial charge in [-0.1, -0.05) is 0 Å². The standard InChI is InChI=1S/C5H5IO4/c1-9-4(7)2-3-5(8)10-6/h2-3H,1H3/b3-2+. The van der Waals surface area contributed by atoms with Crippen LogP contribution in [-0.4, -0.2) is 19.0 Å². The molecule has 0 unspecified atom stereocenters. The van der Waals surface area contributed by atoms with E-state index in [1.54, 1.807) is 0 Å². The number of carbonyl (C=O) groups is 2. The van der Waals surface area contributed by atoms with Gasteiger partial charge in [0.2, 0.25) is 0 Å². The molecule has 0 aromatic carbocycles. The molecular weight excluding hydrogens is 251 g/mol. The molecule has 0 aromatic heterocycles. The summed E-state index contributed by atoms with van der Waals surface area (Å²) in [5.74, 6) is -1.17. The lowest BCUT2D eigenvalue weighted by Gasteiger charge is -1.87. The Morgan fingerprint density at radius 3 is 2.20 bits per heavy atom. The first kappa shape index (κ1) is 9.41. The quantitative estimate of drug-likeness (QED) is 0.412. The number of ether oxygens (including phenoxy) is 1. The van der Waals surface area contributed by atoms with E-state index in [1.807, 2.05) is 0 Å². The van der Waals surface area contributed by atoms with Gasteiger partial charge in [0.25, 0.3) is 0 Å². The number of hydrogen-bond acceptors (Lipinski definition) is 4. The third-order valence-corrected chi connectivity index (χ3v) is 1.07. The Morgan fingerprint density at radius 2 is 1.80 bits per heavy atom. The molecule has 0 aromatic rings. The molecule has 0 aliphatic carbocycles. The molecule has 0 aliphatic rings. The van der Waals surface area contributed by atoms with E-state index in [0.717, 1.165) is 12.2 Å². The second kappa shape index (κ2) is 5.21. The van der Waals surface area contributed by atoms with Gasteiger partial charge in [-0.05, 0) is 0 Å². The molecule has 0 atom stereocenters. The van der Waals surface area contributed by atoms with Crippen molar-refractivity contribution >= 4 is 34.9 Å². The minimum absolute atomic E-state index is 0.582. The second-order valence-electron chi connectivity index (χ2n) is 1.25. The molecule has 0 spiro atoms. The maximum atomic E-state index is 10.3. The molecule has 0 rings (SSSR count).